The van der Waals surface area contributed by atoms with Crippen LogP contribution in [0.1, 0.15) is 15.9 Å². The fraction of sp³-hybridized carbons (Fsp3) is 0.188. The molecule has 3 N–H and O–H groups in total. The highest BCUT2D eigenvalue weighted by Gasteiger charge is 2.23. The standard InChI is InChI=1S/C16H15ClN2O2/c17-11-5-6-13(14(18)8-11)16(20)19-9-12-7-10-3-1-2-4-15(10)21-12/h1-6,8,12H,7,9,18H2,(H,19,20). The van der Waals surface area contributed by atoms with Crippen molar-refractivity contribution in [1.29, 1.82) is 0 Å². The van der Waals surface area contributed by atoms with E-state index in [1.165, 1.54) is 5.56 Å². The van der Waals surface area contributed by atoms with E-state index in [0.29, 0.717) is 22.8 Å². The highest BCUT2D eigenvalue weighted by Crippen LogP contribution is 2.27. The van der Waals surface area contributed by atoms with E-state index in [0.717, 1.165) is 12.2 Å². The predicted molar refractivity (Wildman–Crippen MR) is 82.8 cm³/mol. The molecule has 0 bridgehead atoms. The smallest absolute Gasteiger partial charge is 0.253 e. The summed E-state index contributed by atoms with van der Waals surface area (Å²) >= 11 is 5.82. The molecule has 2 aromatic carbocycles. The molecule has 0 saturated carbocycles. The van der Waals surface area contributed by atoms with E-state index in [2.05, 4.69) is 5.32 Å². The van der Waals surface area contributed by atoms with Crippen molar-refractivity contribution in [3.63, 3.8) is 0 Å². The first-order valence-corrected chi connectivity index (χ1v) is 7.09. The second-order valence-electron chi connectivity index (χ2n) is 4.99. The van der Waals surface area contributed by atoms with Crippen molar-refractivity contribution in [2.75, 3.05) is 12.3 Å². The molecular weight excluding hydrogens is 288 g/mol. The van der Waals surface area contributed by atoms with Crippen LogP contribution in [0, 0.1) is 0 Å². The summed E-state index contributed by atoms with van der Waals surface area (Å²) in [6.07, 6.45) is 0.756. The van der Waals surface area contributed by atoms with Crippen LogP contribution in [0.15, 0.2) is 42.5 Å². The quantitative estimate of drug-likeness (QED) is 0.857. The summed E-state index contributed by atoms with van der Waals surface area (Å²) in [5.74, 6) is 0.673. The maximum Gasteiger partial charge on any atom is 0.253 e. The molecule has 1 heterocycles. The zero-order chi connectivity index (χ0) is 14.8. The Morgan fingerprint density at radius 2 is 2.14 bits per heavy atom. The monoisotopic (exact) mass is 302 g/mol. The van der Waals surface area contributed by atoms with E-state index < -0.39 is 0 Å². The predicted octanol–water partition coefficient (Wildman–Crippen LogP) is 2.66. The number of halogens is 1. The molecule has 0 saturated heterocycles. The van der Waals surface area contributed by atoms with Crippen molar-refractivity contribution in [1.82, 2.24) is 5.32 Å². The van der Waals surface area contributed by atoms with Crippen molar-refractivity contribution < 1.29 is 9.53 Å². The SMILES string of the molecule is Nc1cc(Cl)ccc1C(=O)NCC1Cc2ccccc2O1. The fourth-order valence-electron chi connectivity index (χ4n) is 2.41. The molecule has 3 rings (SSSR count). The number of nitrogens with two attached hydrogens (primary N) is 1. The second-order valence-corrected chi connectivity index (χ2v) is 5.43. The normalized spacial score (nSPS) is 16.1. The molecule has 108 valence electrons. The number of amides is 1. The van der Waals surface area contributed by atoms with Crippen LogP contribution in [-0.2, 0) is 6.42 Å². The number of hydrogen-bond acceptors (Lipinski definition) is 3. The lowest BCUT2D eigenvalue weighted by Gasteiger charge is -2.13. The molecule has 1 aliphatic heterocycles. The Kier molecular flexibility index (Phi) is 3.71. The van der Waals surface area contributed by atoms with Crippen LogP contribution in [0.4, 0.5) is 5.69 Å². The van der Waals surface area contributed by atoms with Gasteiger partial charge in [-0.1, -0.05) is 29.8 Å². The number of carbonyl (C=O) groups is 1. The van der Waals surface area contributed by atoms with Crippen LogP contribution >= 0.6 is 11.6 Å². The molecule has 1 amide bonds. The van der Waals surface area contributed by atoms with Crippen LogP contribution in [0.2, 0.25) is 5.02 Å². The van der Waals surface area contributed by atoms with Gasteiger partial charge >= 0.3 is 0 Å². The van der Waals surface area contributed by atoms with Gasteiger partial charge in [-0.25, -0.2) is 0 Å². The number of fused-ring (bicyclic) bond motifs is 1. The highest BCUT2D eigenvalue weighted by atomic mass is 35.5. The van der Waals surface area contributed by atoms with Gasteiger partial charge in [0.2, 0.25) is 0 Å². The van der Waals surface area contributed by atoms with Gasteiger partial charge in [-0.15, -0.1) is 0 Å². The third-order valence-electron chi connectivity index (χ3n) is 3.46. The van der Waals surface area contributed by atoms with Gasteiger partial charge in [0, 0.05) is 17.1 Å². The summed E-state index contributed by atoms with van der Waals surface area (Å²) in [4.78, 5) is 12.1. The van der Waals surface area contributed by atoms with Crippen molar-refractivity contribution >= 4 is 23.2 Å². The number of nitrogen functional groups attached to an aromatic ring is 1. The lowest BCUT2D eigenvalue weighted by molar-refractivity contribution is 0.0934. The number of para-hydroxylation sites is 1. The third-order valence-corrected chi connectivity index (χ3v) is 3.70. The van der Waals surface area contributed by atoms with E-state index in [1.54, 1.807) is 18.2 Å². The zero-order valence-corrected chi connectivity index (χ0v) is 12.1. The molecular formula is C16H15ClN2O2. The lowest BCUT2D eigenvalue weighted by atomic mass is 10.1. The minimum atomic E-state index is -0.219. The van der Waals surface area contributed by atoms with Crippen LogP contribution in [0.3, 0.4) is 0 Å². The highest BCUT2D eigenvalue weighted by molar-refractivity contribution is 6.31. The number of rotatable bonds is 3. The van der Waals surface area contributed by atoms with Crippen molar-refractivity contribution in [2.24, 2.45) is 0 Å². The van der Waals surface area contributed by atoms with Crippen molar-refractivity contribution in [3.8, 4) is 5.75 Å². The van der Waals surface area contributed by atoms with Crippen molar-refractivity contribution in [3.05, 3.63) is 58.6 Å². The first kappa shape index (κ1) is 13.8. The second kappa shape index (κ2) is 5.66. The Morgan fingerprint density at radius 3 is 2.90 bits per heavy atom. The molecule has 1 atom stereocenters. The summed E-state index contributed by atoms with van der Waals surface area (Å²) in [6, 6.07) is 12.7. The Hall–Kier alpha value is -2.20. The molecule has 4 nitrogen and oxygen atoms in total. The summed E-state index contributed by atoms with van der Waals surface area (Å²) in [7, 11) is 0. The minimum Gasteiger partial charge on any atom is -0.488 e. The largest absolute Gasteiger partial charge is 0.488 e. The van der Waals surface area contributed by atoms with E-state index in [4.69, 9.17) is 22.1 Å². The summed E-state index contributed by atoms with van der Waals surface area (Å²) < 4.78 is 5.78. The summed E-state index contributed by atoms with van der Waals surface area (Å²) in [5, 5.41) is 3.36. The zero-order valence-electron chi connectivity index (χ0n) is 11.3. The van der Waals surface area contributed by atoms with Gasteiger partial charge in [0.1, 0.15) is 11.9 Å². The Labute approximate surface area is 127 Å². The summed E-state index contributed by atoms with van der Waals surface area (Å²) in [5.41, 5.74) is 7.76. The number of hydrogen-bond donors (Lipinski definition) is 2. The maximum atomic E-state index is 12.1. The maximum absolute atomic E-state index is 12.1. The summed E-state index contributed by atoms with van der Waals surface area (Å²) in [6.45, 7) is 0.440. The fourth-order valence-corrected chi connectivity index (χ4v) is 2.59. The van der Waals surface area contributed by atoms with Gasteiger partial charge in [0.05, 0.1) is 12.1 Å². The first-order valence-electron chi connectivity index (χ1n) is 6.71. The number of carbonyl (C=O) groups excluding carboxylic acids is 1. The molecule has 0 aromatic heterocycles. The topological polar surface area (TPSA) is 64.4 Å². The van der Waals surface area contributed by atoms with E-state index in [1.807, 2.05) is 24.3 Å². The van der Waals surface area contributed by atoms with Crippen LogP contribution in [0.5, 0.6) is 5.75 Å². The molecule has 0 aliphatic carbocycles. The molecule has 2 aromatic rings. The Balaban J connectivity index is 1.60. The number of ether oxygens (including phenoxy) is 1. The lowest BCUT2D eigenvalue weighted by Crippen LogP contribution is -2.34. The van der Waals surface area contributed by atoms with Gasteiger partial charge in [-0.2, -0.15) is 0 Å². The third kappa shape index (κ3) is 2.95. The van der Waals surface area contributed by atoms with Crippen molar-refractivity contribution in [2.45, 2.75) is 12.5 Å². The molecule has 0 radical (unpaired) electrons. The first-order chi connectivity index (χ1) is 10.1. The molecule has 5 heteroatoms. The van der Waals surface area contributed by atoms with Gasteiger partial charge in [0.15, 0.2) is 0 Å². The van der Waals surface area contributed by atoms with Crippen LogP contribution in [0.25, 0.3) is 0 Å². The van der Waals surface area contributed by atoms with Gasteiger partial charge in [-0.05, 0) is 29.8 Å². The van der Waals surface area contributed by atoms with E-state index in [-0.39, 0.29) is 12.0 Å². The Bertz CT molecular complexity index is 663. The van der Waals surface area contributed by atoms with Crippen LogP contribution in [-0.4, -0.2) is 18.6 Å². The number of anilines is 1. The molecule has 1 unspecified atom stereocenters. The molecule has 21 heavy (non-hydrogen) atoms. The Morgan fingerprint density at radius 1 is 1.33 bits per heavy atom. The number of benzene rings is 2. The van der Waals surface area contributed by atoms with Crippen LogP contribution < -0.4 is 15.8 Å². The van der Waals surface area contributed by atoms with Gasteiger partial charge in [-0.3, -0.25) is 4.79 Å². The molecule has 0 fully saturated rings. The molecule has 0 spiro atoms. The minimum absolute atomic E-state index is 0.0418. The average Bonchev–Trinajstić information content (AvgIpc) is 2.87. The average molecular weight is 303 g/mol. The van der Waals surface area contributed by atoms with E-state index in [9.17, 15) is 4.79 Å². The number of nitrogens with one attached hydrogen (secondary N) is 1. The van der Waals surface area contributed by atoms with Gasteiger partial charge in [0.25, 0.3) is 5.91 Å². The molecule has 1 aliphatic rings. The van der Waals surface area contributed by atoms with E-state index >= 15 is 0 Å². The van der Waals surface area contributed by atoms with Gasteiger partial charge < -0.3 is 15.8 Å².